The second kappa shape index (κ2) is 13.5. The average Bonchev–Trinajstić information content (AvgIpc) is 3.06. The summed E-state index contributed by atoms with van der Waals surface area (Å²) in [5.41, 5.74) is -2.97. The molecule has 0 aliphatic heterocycles. The van der Waals surface area contributed by atoms with Gasteiger partial charge in [-0.15, -0.1) is 0 Å². The number of ether oxygens (including phenoxy) is 1. The Balaban J connectivity index is 2.37. The van der Waals surface area contributed by atoms with Crippen LogP contribution in [0.5, 0.6) is 0 Å². The lowest BCUT2D eigenvalue weighted by atomic mass is 9.58. The van der Waals surface area contributed by atoms with Gasteiger partial charge >= 0.3 is 5.97 Å². The third kappa shape index (κ3) is 6.08. The van der Waals surface area contributed by atoms with Crippen LogP contribution in [-0.4, -0.2) is 51.5 Å². The zero-order valence-electron chi connectivity index (χ0n) is 23.3. The third-order valence-corrected chi connectivity index (χ3v) is 8.00. The van der Waals surface area contributed by atoms with Crippen LogP contribution in [0.15, 0.2) is 59.8 Å². The lowest BCUT2D eigenvalue weighted by molar-refractivity contribution is -0.201. The first-order valence-corrected chi connectivity index (χ1v) is 13.7. The van der Waals surface area contributed by atoms with E-state index < -0.39 is 41.7 Å². The molecule has 0 aromatic carbocycles. The molecule has 3 N–H and O–H groups in total. The van der Waals surface area contributed by atoms with E-state index in [1.807, 2.05) is 39.8 Å². The van der Waals surface area contributed by atoms with E-state index in [9.17, 15) is 24.9 Å². The molecule has 0 spiro atoms. The summed E-state index contributed by atoms with van der Waals surface area (Å²) in [5.74, 6) is -2.01. The van der Waals surface area contributed by atoms with Gasteiger partial charge in [0.05, 0.1) is 12.0 Å². The zero-order valence-corrected chi connectivity index (χ0v) is 23.3. The Morgan fingerprint density at radius 1 is 1.14 bits per heavy atom. The largest absolute Gasteiger partial charge is 0.451 e. The fourth-order valence-corrected chi connectivity index (χ4v) is 5.73. The van der Waals surface area contributed by atoms with E-state index >= 15 is 0 Å². The fourth-order valence-electron chi connectivity index (χ4n) is 5.73. The fraction of sp³-hybridized carbons (Fsp3) is 0.613. The monoisotopic (exact) mass is 514 g/mol. The summed E-state index contributed by atoms with van der Waals surface area (Å²) in [4.78, 5) is 26.9. The van der Waals surface area contributed by atoms with Crippen molar-refractivity contribution < 1.29 is 29.6 Å². The average molecular weight is 515 g/mol. The standard InChI is InChI=1S/C31H46O6/c1-7-9-10-11-12-13-14-15-16-17-26(33)37-29-22(5)19-30(23(6)8-2)28(35)25(21(3)4)18-24(20-32)27(34)31(29,30)36/h12-19,21,23,25,27,29,32,34,36H,7-11,20H2,1-6H3/t23-,25+,27-,29+,30+,31+/m1/s1. The quantitative estimate of drug-likeness (QED) is 0.111. The molecule has 0 heterocycles. The van der Waals surface area contributed by atoms with Crippen molar-refractivity contribution in [3.05, 3.63) is 59.8 Å². The van der Waals surface area contributed by atoms with Crippen LogP contribution in [0.1, 0.15) is 73.6 Å². The minimum atomic E-state index is -2.15. The SMILES string of the molecule is CCCCCC=CC=CC=CC(=O)O[C@H]1C(C)=C[C@]2([C@H](C)CC)C(=O)[C@H](C(C)C)C=C(CO)[C@@H](O)[C@]12O. The number of fused-ring (bicyclic) bond motifs is 1. The summed E-state index contributed by atoms with van der Waals surface area (Å²) < 4.78 is 5.73. The van der Waals surface area contributed by atoms with Crippen molar-refractivity contribution in [2.24, 2.45) is 23.2 Å². The van der Waals surface area contributed by atoms with Crippen molar-refractivity contribution >= 4 is 11.8 Å². The van der Waals surface area contributed by atoms with E-state index in [2.05, 4.69) is 13.0 Å². The Morgan fingerprint density at radius 2 is 1.81 bits per heavy atom. The van der Waals surface area contributed by atoms with Gasteiger partial charge in [0.25, 0.3) is 0 Å². The number of rotatable bonds is 12. The first-order valence-electron chi connectivity index (χ1n) is 13.7. The van der Waals surface area contributed by atoms with Crippen LogP contribution < -0.4 is 0 Å². The summed E-state index contributed by atoms with van der Waals surface area (Å²) in [6.07, 6.45) is 15.9. The molecule has 2 rings (SSSR count). The number of Topliss-reactive ketones (excluding diaryl/α,β-unsaturated/α-hetero) is 1. The molecular formula is C31H46O6. The molecule has 0 aromatic rings. The van der Waals surface area contributed by atoms with Gasteiger partial charge in [0.15, 0.2) is 17.5 Å². The maximum absolute atomic E-state index is 14.1. The molecule has 0 aromatic heterocycles. The highest BCUT2D eigenvalue weighted by Crippen LogP contribution is 2.58. The molecule has 6 atom stereocenters. The Bertz CT molecular complexity index is 955. The molecule has 6 nitrogen and oxygen atoms in total. The molecular weight excluding hydrogens is 468 g/mol. The van der Waals surface area contributed by atoms with Gasteiger partial charge in [-0.05, 0) is 42.7 Å². The number of hydrogen-bond donors (Lipinski definition) is 3. The van der Waals surface area contributed by atoms with E-state index in [-0.39, 0.29) is 23.2 Å². The first-order chi connectivity index (χ1) is 17.5. The number of allylic oxidation sites excluding steroid dienone is 6. The molecule has 0 radical (unpaired) electrons. The second-order valence-electron chi connectivity index (χ2n) is 10.8. The predicted molar refractivity (Wildman–Crippen MR) is 147 cm³/mol. The number of aliphatic hydroxyl groups is 3. The molecule has 0 saturated carbocycles. The van der Waals surface area contributed by atoms with Gasteiger partial charge in [-0.1, -0.05) is 96.4 Å². The predicted octanol–water partition coefficient (Wildman–Crippen LogP) is 5.01. The lowest BCUT2D eigenvalue weighted by Crippen LogP contribution is -2.66. The van der Waals surface area contributed by atoms with Crippen molar-refractivity contribution in [2.45, 2.75) is 91.5 Å². The number of unbranched alkanes of at least 4 members (excludes halogenated alkanes) is 3. The van der Waals surface area contributed by atoms with Crippen molar-refractivity contribution in [1.82, 2.24) is 0 Å². The van der Waals surface area contributed by atoms with E-state index in [1.54, 1.807) is 31.2 Å². The van der Waals surface area contributed by atoms with Crippen LogP contribution in [0.2, 0.25) is 0 Å². The van der Waals surface area contributed by atoms with E-state index in [0.717, 1.165) is 12.8 Å². The van der Waals surface area contributed by atoms with Gasteiger partial charge in [0, 0.05) is 12.0 Å². The number of carbonyl (C=O) groups is 2. The summed E-state index contributed by atoms with van der Waals surface area (Å²) in [5, 5.41) is 33.8. The van der Waals surface area contributed by atoms with Gasteiger partial charge in [-0.2, -0.15) is 0 Å². The summed E-state index contributed by atoms with van der Waals surface area (Å²) >= 11 is 0. The highest BCUT2D eigenvalue weighted by Gasteiger charge is 2.70. The van der Waals surface area contributed by atoms with Crippen LogP contribution in [0.25, 0.3) is 0 Å². The smallest absolute Gasteiger partial charge is 0.331 e. The number of carbonyl (C=O) groups excluding carboxylic acids is 2. The van der Waals surface area contributed by atoms with Gasteiger partial charge in [-0.25, -0.2) is 4.79 Å². The highest BCUT2D eigenvalue weighted by atomic mass is 16.6. The van der Waals surface area contributed by atoms with Crippen molar-refractivity contribution in [3.63, 3.8) is 0 Å². The Morgan fingerprint density at radius 3 is 2.41 bits per heavy atom. The van der Waals surface area contributed by atoms with Gasteiger partial charge in [-0.3, -0.25) is 4.79 Å². The number of ketones is 1. The number of esters is 1. The molecule has 0 fully saturated rings. The first kappa shape index (κ1) is 30.9. The van der Waals surface area contributed by atoms with E-state index in [1.165, 1.54) is 18.9 Å². The summed E-state index contributed by atoms with van der Waals surface area (Å²) in [7, 11) is 0. The van der Waals surface area contributed by atoms with Crippen molar-refractivity contribution in [2.75, 3.05) is 6.61 Å². The van der Waals surface area contributed by atoms with Crippen LogP contribution >= 0.6 is 0 Å². The van der Waals surface area contributed by atoms with Crippen LogP contribution in [0, 0.1) is 23.2 Å². The molecule has 206 valence electrons. The molecule has 2 aliphatic carbocycles. The van der Waals surface area contributed by atoms with Gasteiger partial charge < -0.3 is 20.1 Å². The molecule has 6 heteroatoms. The zero-order chi connectivity index (χ0) is 27.8. The maximum Gasteiger partial charge on any atom is 0.331 e. The van der Waals surface area contributed by atoms with Gasteiger partial charge in [0.2, 0.25) is 0 Å². The van der Waals surface area contributed by atoms with E-state index in [4.69, 9.17) is 4.74 Å². The van der Waals surface area contributed by atoms with E-state index in [0.29, 0.717) is 12.0 Å². The Kier molecular flexibility index (Phi) is 11.3. The van der Waals surface area contributed by atoms with Crippen LogP contribution in [-0.2, 0) is 14.3 Å². The molecule has 0 bridgehead atoms. The lowest BCUT2D eigenvalue weighted by Gasteiger charge is -2.49. The molecule has 2 aliphatic rings. The maximum atomic E-state index is 14.1. The normalized spacial score (nSPS) is 31.2. The Labute approximate surface area is 222 Å². The Hall–Kier alpha value is -2.28. The molecule has 0 saturated heterocycles. The third-order valence-electron chi connectivity index (χ3n) is 8.00. The minimum Gasteiger partial charge on any atom is -0.451 e. The van der Waals surface area contributed by atoms with Crippen LogP contribution in [0.3, 0.4) is 0 Å². The van der Waals surface area contributed by atoms with Crippen molar-refractivity contribution in [3.8, 4) is 0 Å². The summed E-state index contributed by atoms with van der Waals surface area (Å²) in [6, 6.07) is 0. The van der Waals surface area contributed by atoms with Gasteiger partial charge in [0.1, 0.15) is 6.10 Å². The second-order valence-corrected chi connectivity index (χ2v) is 10.8. The molecule has 0 unspecified atom stereocenters. The van der Waals surface area contributed by atoms with Crippen LogP contribution in [0.4, 0.5) is 0 Å². The topological polar surface area (TPSA) is 104 Å². The summed E-state index contributed by atoms with van der Waals surface area (Å²) in [6.45, 7) is 10.9. The molecule has 0 amide bonds. The highest BCUT2D eigenvalue weighted by molar-refractivity contribution is 5.94. The molecule has 37 heavy (non-hydrogen) atoms. The van der Waals surface area contributed by atoms with Crippen molar-refractivity contribution in [1.29, 1.82) is 0 Å². The minimum absolute atomic E-state index is 0.116. The number of aliphatic hydroxyl groups excluding tert-OH is 2. The number of hydrogen-bond acceptors (Lipinski definition) is 6.